The molecule has 0 aliphatic rings. The van der Waals surface area contributed by atoms with Crippen molar-refractivity contribution in [1.29, 1.82) is 0 Å². The summed E-state index contributed by atoms with van der Waals surface area (Å²) in [5, 5.41) is 20.8. The summed E-state index contributed by atoms with van der Waals surface area (Å²) in [5.74, 6) is -2.77. The van der Waals surface area contributed by atoms with E-state index in [4.69, 9.17) is 9.84 Å². The third-order valence-corrected chi connectivity index (χ3v) is 2.95. The summed E-state index contributed by atoms with van der Waals surface area (Å²) < 4.78 is 5.06. The van der Waals surface area contributed by atoms with E-state index in [0.29, 0.717) is 5.56 Å². The summed E-state index contributed by atoms with van der Waals surface area (Å²) in [4.78, 5) is 34.8. The maximum atomic E-state index is 12.0. The summed E-state index contributed by atoms with van der Waals surface area (Å²) in [7, 11) is 0. The van der Waals surface area contributed by atoms with Crippen LogP contribution in [0.25, 0.3) is 0 Å². The molecule has 0 unspecified atom stereocenters. The van der Waals surface area contributed by atoms with Crippen molar-refractivity contribution < 1.29 is 29.3 Å². The van der Waals surface area contributed by atoms with Crippen LogP contribution in [0.3, 0.4) is 0 Å². The van der Waals surface area contributed by atoms with Gasteiger partial charge in [0.25, 0.3) is 0 Å². The minimum atomic E-state index is -1.99. The molecule has 0 spiro atoms. The molecule has 0 radical (unpaired) electrons. The molecule has 1 aromatic rings. The molecule has 7 heteroatoms. The predicted octanol–water partition coefficient (Wildman–Crippen LogP) is 2.05. The summed E-state index contributed by atoms with van der Waals surface area (Å²) >= 11 is 0. The van der Waals surface area contributed by atoms with E-state index in [1.165, 1.54) is 0 Å². The topological polar surface area (TPSA) is 113 Å². The van der Waals surface area contributed by atoms with Crippen LogP contribution in [0.4, 0.5) is 4.79 Å². The van der Waals surface area contributed by atoms with Crippen LogP contribution in [0.2, 0.25) is 0 Å². The molecule has 23 heavy (non-hydrogen) atoms. The van der Waals surface area contributed by atoms with Crippen LogP contribution in [0.1, 0.15) is 32.8 Å². The molecule has 0 aliphatic heterocycles. The number of hydrogen-bond donors (Lipinski definition) is 3. The first-order valence-corrected chi connectivity index (χ1v) is 7.04. The maximum absolute atomic E-state index is 12.0. The van der Waals surface area contributed by atoms with Crippen molar-refractivity contribution in [2.24, 2.45) is 0 Å². The third-order valence-electron chi connectivity index (χ3n) is 2.95. The number of carboxylic acids is 2. The van der Waals surface area contributed by atoms with Crippen molar-refractivity contribution in [3.8, 4) is 0 Å². The zero-order valence-electron chi connectivity index (χ0n) is 13.3. The molecule has 7 nitrogen and oxygen atoms in total. The van der Waals surface area contributed by atoms with Gasteiger partial charge in [0.05, 0.1) is 6.42 Å². The minimum Gasteiger partial charge on any atom is -0.481 e. The van der Waals surface area contributed by atoms with Gasteiger partial charge in [0, 0.05) is 6.42 Å². The molecular formula is C16H21NO6. The number of aliphatic carboxylic acids is 2. The monoisotopic (exact) mass is 323 g/mol. The van der Waals surface area contributed by atoms with Crippen LogP contribution in [0.5, 0.6) is 0 Å². The molecule has 0 saturated carbocycles. The Bertz CT molecular complexity index is 578. The number of carbonyl (C=O) groups excluding carboxylic acids is 1. The molecule has 1 rings (SSSR count). The van der Waals surface area contributed by atoms with Crippen molar-refractivity contribution in [3.05, 3.63) is 35.9 Å². The van der Waals surface area contributed by atoms with Crippen molar-refractivity contribution in [2.45, 2.75) is 44.8 Å². The van der Waals surface area contributed by atoms with E-state index in [-0.39, 0.29) is 6.42 Å². The summed E-state index contributed by atoms with van der Waals surface area (Å²) in [6, 6.07) is 8.49. The van der Waals surface area contributed by atoms with E-state index in [0.717, 1.165) is 0 Å². The van der Waals surface area contributed by atoms with Gasteiger partial charge in [-0.2, -0.15) is 0 Å². The van der Waals surface area contributed by atoms with Gasteiger partial charge >= 0.3 is 18.0 Å². The molecule has 0 fully saturated rings. The lowest BCUT2D eigenvalue weighted by atomic mass is 9.87. The summed E-state index contributed by atoms with van der Waals surface area (Å²) in [6.45, 7) is 4.89. The van der Waals surface area contributed by atoms with E-state index in [9.17, 15) is 19.5 Å². The number of carbonyl (C=O) groups is 3. The Kier molecular flexibility index (Phi) is 5.73. The molecular weight excluding hydrogens is 302 g/mol. The molecule has 3 N–H and O–H groups in total. The smallest absolute Gasteiger partial charge is 0.408 e. The number of alkyl carbamates (subject to hydrolysis) is 1. The highest BCUT2D eigenvalue weighted by Crippen LogP contribution is 2.20. The lowest BCUT2D eigenvalue weighted by molar-refractivity contribution is -0.151. The molecule has 1 aromatic carbocycles. The zero-order valence-corrected chi connectivity index (χ0v) is 13.3. The Labute approximate surface area is 134 Å². The molecule has 1 amide bonds. The standard InChI is InChI=1S/C16H21NO6/c1-15(2,3)23-14(22)17-16(13(20)21,10-12(18)19)9-11-7-5-4-6-8-11/h4-8H,9-10H2,1-3H3,(H,17,22)(H,18,19)(H,20,21)/t16-/m1/s1. The number of hydrogen-bond acceptors (Lipinski definition) is 4. The van der Waals surface area contributed by atoms with E-state index in [1.807, 2.05) is 0 Å². The molecule has 1 atom stereocenters. The van der Waals surface area contributed by atoms with Gasteiger partial charge < -0.3 is 20.3 Å². The van der Waals surface area contributed by atoms with E-state index in [1.54, 1.807) is 51.1 Å². The van der Waals surface area contributed by atoms with Crippen LogP contribution in [0.15, 0.2) is 30.3 Å². The molecule has 0 aromatic heterocycles. The van der Waals surface area contributed by atoms with E-state index >= 15 is 0 Å². The average molecular weight is 323 g/mol. The number of nitrogens with one attached hydrogen (secondary N) is 1. The first-order valence-electron chi connectivity index (χ1n) is 7.04. The first-order chi connectivity index (χ1) is 10.5. The van der Waals surface area contributed by atoms with Gasteiger partial charge in [0.2, 0.25) is 0 Å². The second-order valence-electron chi connectivity index (χ2n) is 6.25. The van der Waals surface area contributed by atoms with Crippen LogP contribution < -0.4 is 5.32 Å². The van der Waals surface area contributed by atoms with Crippen LogP contribution in [-0.4, -0.2) is 39.4 Å². The maximum Gasteiger partial charge on any atom is 0.408 e. The van der Waals surface area contributed by atoms with Crippen molar-refractivity contribution in [2.75, 3.05) is 0 Å². The molecule has 0 saturated heterocycles. The van der Waals surface area contributed by atoms with Gasteiger partial charge in [-0.3, -0.25) is 4.79 Å². The van der Waals surface area contributed by atoms with Gasteiger partial charge in [-0.25, -0.2) is 9.59 Å². The molecule has 0 aliphatic carbocycles. The SMILES string of the molecule is CC(C)(C)OC(=O)N[C@@](CC(=O)O)(Cc1ccccc1)C(=O)O. The Morgan fingerprint density at radius 1 is 1.09 bits per heavy atom. The van der Waals surface area contributed by atoms with Gasteiger partial charge in [-0.1, -0.05) is 30.3 Å². The zero-order chi connectivity index (χ0) is 17.7. The van der Waals surface area contributed by atoms with Crippen molar-refractivity contribution >= 4 is 18.0 Å². The average Bonchev–Trinajstić information content (AvgIpc) is 2.36. The number of benzene rings is 1. The Morgan fingerprint density at radius 3 is 2.09 bits per heavy atom. The fourth-order valence-corrected chi connectivity index (χ4v) is 2.06. The fraction of sp³-hybridized carbons (Fsp3) is 0.438. The number of carboxylic acid groups (broad SMARTS) is 2. The van der Waals surface area contributed by atoms with E-state index in [2.05, 4.69) is 5.32 Å². The highest BCUT2D eigenvalue weighted by Gasteiger charge is 2.43. The van der Waals surface area contributed by atoms with E-state index < -0.39 is 35.6 Å². The quantitative estimate of drug-likeness (QED) is 0.738. The summed E-state index contributed by atoms with van der Waals surface area (Å²) in [5.41, 5.74) is -2.23. The van der Waals surface area contributed by atoms with Crippen LogP contribution in [-0.2, 0) is 20.7 Å². The molecule has 0 bridgehead atoms. The van der Waals surface area contributed by atoms with Gasteiger partial charge in [0.1, 0.15) is 5.60 Å². The van der Waals surface area contributed by atoms with Gasteiger partial charge in [0.15, 0.2) is 5.54 Å². The van der Waals surface area contributed by atoms with Gasteiger partial charge in [-0.15, -0.1) is 0 Å². The number of rotatable bonds is 6. The van der Waals surface area contributed by atoms with Crippen molar-refractivity contribution in [3.63, 3.8) is 0 Å². The normalized spacial score (nSPS) is 13.7. The Balaban J connectivity index is 3.10. The Hall–Kier alpha value is -2.57. The number of amides is 1. The number of ether oxygens (including phenoxy) is 1. The lowest BCUT2D eigenvalue weighted by Gasteiger charge is -2.30. The largest absolute Gasteiger partial charge is 0.481 e. The molecule has 0 heterocycles. The highest BCUT2D eigenvalue weighted by molar-refractivity contribution is 5.89. The van der Waals surface area contributed by atoms with Crippen LogP contribution >= 0.6 is 0 Å². The third kappa shape index (κ3) is 5.98. The predicted molar refractivity (Wildman–Crippen MR) is 82.1 cm³/mol. The highest BCUT2D eigenvalue weighted by atomic mass is 16.6. The Morgan fingerprint density at radius 2 is 1.65 bits per heavy atom. The first kappa shape index (κ1) is 18.5. The second kappa shape index (κ2) is 7.13. The molecule has 126 valence electrons. The fourth-order valence-electron chi connectivity index (χ4n) is 2.06. The summed E-state index contributed by atoms with van der Waals surface area (Å²) in [6.07, 6.45) is -1.91. The second-order valence-corrected chi connectivity index (χ2v) is 6.25. The van der Waals surface area contributed by atoms with Crippen LogP contribution in [0, 0.1) is 0 Å². The van der Waals surface area contributed by atoms with Crippen molar-refractivity contribution in [1.82, 2.24) is 5.32 Å². The minimum absolute atomic E-state index is 0.172. The van der Waals surface area contributed by atoms with Gasteiger partial charge in [-0.05, 0) is 26.3 Å². The lowest BCUT2D eigenvalue weighted by Crippen LogP contribution is -2.58.